The standard InChI is InChI=1S/C54H86O27S/c1-23-39(77-45-38(64)41(33(59)27(21-56)75-45)78-44-37(63)40(71-9)32(58)26(20-55)74-44)35(61)36(62)43(73-23)79-42-34(60)28(81-82(68,69)70)22-72-46(42)76-31-13-16-50(6)25-19-30(57)54-47(65)80-52(8,15-10-14-48(2,3)66)53(54,67)18-17-51(54,7)24(25)11-12-29(50)49(31,4)5/h10,15,19,23-24,26-46,55-64,66-67H,11-14,16-18,20-22H2,1-9H3,(H,68,69,70)/b15-10+/t23?,24-,26?,27?,28?,29?,30?,31?,32?,33?,34?,35?,36?,37?,38?,39?,40?,41?,42?,43?,44?,45?,46?,50-,51+,52+,53+,54?/m1/s1. The third-order valence-corrected chi connectivity index (χ3v) is 20.8. The highest BCUT2D eigenvalue weighted by Crippen LogP contribution is 2.77. The molecule has 5 saturated heterocycles. The van der Waals surface area contributed by atoms with Crippen LogP contribution >= 0.6 is 0 Å². The molecule has 0 aromatic rings. The first kappa shape index (κ1) is 64.5. The molecule has 27 nitrogen and oxygen atoms in total. The van der Waals surface area contributed by atoms with E-state index in [1.54, 1.807) is 39.0 Å². The fourth-order valence-corrected chi connectivity index (χ4v) is 16.5. The van der Waals surface area contributed by atoms with Gasteiger partial charge in [-0.05, 0) is 107 Å². The molecule has 9 aliphatic rings. The molecule has 9 rings (SSSR count). The lowest BCUT2D eigenvalue weighted by molar-refractivity contribution is -0.389. The van der Waals surface area contributed by atoms with Gasteiger partial charge < -0.3 is 109 Å². The van der Waals surface area contributed by atoms with Crippen molar-refractivity contribution in [2.45, 2.75) is 246 Å². The second kappa shape index (κ2) is 22.8. The summed E-state index contributed by atoms with van der Waals surface area (Å²) in [6.07, 6.45) is -26.6. The number of hydrogen-bond donors (Lipinski definition) is 13. The zero-order chi connectivity index (χ0) is 60.4. The van der Waals surface area contributed by atoms with Gasteiger partial charge in [0.05, 0.1) is 43.7 Å². The van der Waals surface area contributed by atoms with Gasteiger partial charge in [0.2, 0.25) is 0 Å². The number of carbonyl (C=O) groups excluding carboxylic acids is 1. The molecule has 82 heavy (non-hydrogen) atoms. The molecule has 1 spiro atoms. The van der Waals surface area contributed by atoms with Crippen LogP contribution in [-0.2, 0) is 66.7 Å². The first-order valence-corrected chi connectivity index (χ1v) is 29.6. The Labute approximate surface area is 475 Å². The molecule has 5 aliphatic heterocycles. The van der Waals surface area contributed by atoms with Crippen molar-refractivity contribution in [1.29, 1.82) is 0 Å². The molecule has 23 unspecified atom stereocenters. The molecule has 5 heterocycles. The summed E-state index contributed by atoms with van der Waals surface area (Å²) in [5.41, 5.74) is -7.33. The van der Waals surface area contributed by atoms with Crippen LogP contribution in [0.15, 0.2) is 23.8 Å². The second-order valence-corrected chi connectivity index (χ2v) is 27.1. The Balaban J connectivity index is 0.915. The number of aliphatic hydroxyl groups is 12. The predicted octanol–water partition coefficient (Wildman–Crippen LogP) is -2.50. The van der Waals surface area contributed by atoms with Crippen molar-refractivity contribution < 1.29 is 131 Å². The van der Waals surface area contributed by atoms with Gasteiger partial charge in [-0.3, -0.25) is 9.35 Å². The second-order valence-electron chi connectivity index (χ2n) is 26.0. The maximum Gasteiger partial charge on any atom is 0.397 e. The van der Waals surface area contributed by atoms with E-state index in [4.69, 9.17) is 51.6 Å². The van der Waals surface area contributed by atoms with Crippen LogP contribution in [-0.4, -0.2) is 253 Å². The Kier molecular flexibility index (Phi) is 18.0. The summed E-state index contributed by atoms with van der Waals surface area (Å²) in [6.45, 7) is 12.2. The van der Waals surface area contributed by atoms with Gasteiger partial charge in [-0.15, -0.1) is 0 Å². The van der Waals surface area contributed by atoms with Gasteiger partial charge in [0.15, 0.2) is 30.8 Å². The normalized spacial score (nSPS) is 51.4. The van der Waals surface area contributed by atoms with Gasteiger partial charge >= 0.3 is 16.4 Å². The molecular formula is C54H86O27S. The molecule has 28 atom stereocenters. The maximum atomic E-state index is 14.5. The number of rotatable bonds is 16. The van der Waals surface area contributed by atoms with E-state index >= 15 is 0 Å². The van der Waals surface area contributed by atoms with E-state index in [1.165, 1.54) is 14.0 Å². The van der Waals surface area contributed by atoms with Crippen LogP contribution in [0.4, 0.5) is 0 Å². The van der Waals surface area contributed by atoms with Gasteiger partial charge in [0, 0.05) is 7.11 Å². The largest absolute Gasteiger partial charge is 0.451 e. The highest BCUT2D eigenvalue weighted by atomic mass is 32.3. The van der Waals surface area contributed by atoms with Crippen molar-refractivity contribution in [2.24, 2.45) is 33.5 Å². The highest BCUT2D eigenvalue weighted by molar-refractivity contribution is 7.80. The van der Waals surface area contributed by atoms with E-state index < -0.39 is 204 Å². The minimum atomic E-state index is -5.20. The van der Waals surface area contributed by atoms with Crippen molar-refractivity contribution in [2.75, 3.05) is 26.9 Å². The molecule has 0 bridgehead atoms. The quantitative estimate of drug-likeness (QED) is 0.0329. The van der Waals surface area contributed by atoms with E-state index in [-0.39, 0.29) is 24.7 Å². The molecule has 13 N–H and O–H groups in total. The topological polar surface area (TPSA) is 416 Å². The lowest BCUT2D eigenvalue weighted by Gasteiger charge is -2.64. The van der Waals surface area contributed by atoms with Crippen molar-refractivity contribution in [3.05, 3.63) is 23.8 Å². The van der Waals surface area contributed by atoms with Gasteiger partial charge in [0.1, 0.15) is 96.5 Å². The lowest BCUT2D eigenvalue weighted by atomic mass is 9.40. The third-order valence-electron chi connectivity index (χ3n) is 20.3. The van der Waals surface area contributed by atoms with Gasteiger partial charge in [0.25, 0.3) is 0 Å². The first-order chi connectivity index (χ1) is 38.1. The Morgan fingerprint density at radius 1 is 0.720 bits per heavy atom. The van der Waals surface area contributed by atoms with Crippen molar-refractivity contribution in [3.8, 4) is 0 Å². The Hall–Kier alpha value is -2.02. The number of cyclic esters (lactones) is 1. The first-order valence-electron chi connectivity index (χ1n) is 28.2. The fraction of sp³-hybridized carbons (Fsp3) is 0.907. The molecule has 8 fully saturated rings. The zero-order valence-electron chi connectivity index (χ0n) is 47.5. The maximum absolute atomic E-state index is 14.5. The van der Waals surface area contributed by atoms with E-state index in [1.807, 2.05) is 20.8 Å². The number of carbonyl (C=O) groups is 1. The van der Waals surface area contributed by atoms with Crippen LogP contribution in [0.5, 0.6) is 0 Å². The molecule has 470 valence electrons. The van der Waals surface area contributed by atoms with Crippen LogP contribution in [0.3, 0.4) is 0 Å². The van der Waals surface area contributed by atoms with Crippen molar-refractivity contribution in [1.82, 2.24) is 0 Å². The summed E-state index contributed by atoms with van der Waals surface area (Å²) in [4.78, 5) is 14.5. The van der Waals surface area contributed by atoms with E-state index in [0.717, 1.165) is 5.57 Å². The van der Waals surface area contributed by atoms with Crippen LogP contribution in [0.1, 0.15) is 100 Å². The number of fused-ring (bicyclic) bond motifs is 4. The van der Waals surface area contributed by atoms with Crippen LogP contribution in [0.25, 0.3) is 0 Å². The summed E-state index contributed by atoms with van der Waals surface area (Å²) in [6, 6.07) is 0. The molecule has 0 radical (unpaired) electrons. The number of methoxy groups -OCH3 is 1. The minimum Gasteiger partial charge on any atom is -0.451 e. The van der Waals surface area contributed by atoms with Crippen molar-refractivity contribution in [3.63, 3.8) is 0 Å². The average Bonchev–Trinajstić information content (AvgIpc) is 1.50. The van der Waals surface area contributed by atoms with Crippen LogP contribution in [0, 0.1) is 33.5 Å². The number of aliphatic hydroxyl groups excluding tert-OH is 10. The fourth-order valence-electron chi connectivity index (χ4n) is 16.0. The van der Waals surface area contributed by atoms with E-state index in [2.05, 4.69) is 6.92 Å². The van der Waals surface area contributed by atoms with E-state index in [9.17, 15) is 79.0 Å². The highest BCUT2D eigenvalue weighted by Gasteiger charge is 2.85. The summed E-state index contributed by atoms with van der Waals surface area (Å²) < 4.78 is 97.7. The summed E-state index contributed by atoms with van der Waals surface area (Å²) in [5, 5.41) is 135. The Morgan fingerprint density at radius 3 is 1.90 bits per heavy atom. The molecule has 0 amide bonds. The monoisotopic (exact) mass is 1200 g/mol. The molecule has 0 aromatic heterocycles. The summed E-state index contributed by atoms with van der Waals surface area (Å²) in [7, 11) is -4.02. The number of allylic oxidation sites excluding steroid dienone is 1. The summed E-state index contributed by atoms with van der Waals surface area (Å²) >= 11 is 0. The van der Waals surface area contributed by atoms with Gasteiger partial charge in [-0.2, -0.15) is 8.42 Å². The SMILES string of the molecule is COC1C(O)C(CO)OC(OC2C(O)C(CO)OC(OC3C(C)OC(OC4C(OC5CC[C@]6(C)C7=CC(O)C89C(=O)O[C@@](C)(/C=C/CC(C)(C)O)[C@@]8(O)CC[C@@]9(C)[C@@H]7CCC6C5(C)C)OCC(OS(=O)(=O)O)C4O)C(O)C3O)C2O)C1O. The minimum absolute atomic E-state index is 0.149. The molecular weight excluding hydrogens is 1110 g/mol. The molecule has 28 heteroatoms. The average molecular weight is 1200 g/mol. The van der Waals surface area contributed by atoms with Crippen LogP contribution in [0.2, 0.25) is 0 Å². The zero-order valence-corrected chi connectivity index (χ0v) is 48.3. The Bertz CT molecular complexity index is 2480. The molecule has 3 saturated carbocycles. The van der Waals surface area contributed by atoms with E-state index in [0.29, 0.717) is 32.1 Å². The summed E-state index contributed by atoms with van der Waals surface area (Å²) in [5.74, 6) is -1.07. The van der Waals surface area contributed by atoms with Crippen LogP contribution < -0.4 is 0 Å². The molecule has 4 aliphatic carbocycles. The Morgan fingerprint density at radius 2 is 1.30 bits per heavy atom. The number of ether oxygens (including phenoxy) is 10. The lowest BCUT2D eigenvalue weighted by Crippen LogP contribution is -2.68. The van der Waals surface area contributed by atoms with Crippen molar-refractivity contribution >= 4 is 16.4 Å². The van der Waals surface area contributed by atoms with Gasteiger partial charge in [-0.25, -0.2) is 4.18 Å². The number of esters is 1. The third kappa shape index (κ3) is 10.5. The number of hydrogen-bond acceptors (Lipinski definition) is 26. The molecule has 0 aromatic carbocycles. The smallest absolute Gasteiger partial charge is 0.397 e. The predicted molar refractivity (Wildman–Crippen MR) is 275 cm³/mol. The van der Waals surface area contributed by atoms with Gasteiger partial charge in [-0.1, -0.05) is 45.4 Å².